The molecule has 0 aliphatic rings. The van der Waals surface area contributed by atoms with Crippen molar-refractivity contribution in [2.75, 3.05) is 17.2 Å². The van der Waals surface area contributed by atoms with E-state index < -0.39 is 0 Å². The number of hydrogen-bond acceptors (Lipinski definition) is 3. The molecule has 0 aliphatic heterocycles. The second-order valence-electron chi connectivity index (χ2n) is 6.72. The first kappa shape index (κ1) is 22.0. The Morgan fingerprint density at radius 3 is 2.29 bits per heavy atom. The number of benzene rings is 2. The number of amides is 2. The summed E-state index contributed by atoms with van der Waals surface area (Å²) in [5, 5.41) is 5.67. The monoisotopic (exact) mass is 446 g/mol. The van der Waals surface area contributed by atoms with Gasteiger partial charge >= 0.3 is 0 Å². The van der Waals surface area contributed by atoms with E-state index in [2.05, 4.69) is 40.4 Å². The van der Waals surface area contributed by atoms with Crippen LogP contribution in [0.1, 0.15) is 50.7 Å². The average molecular weight is 447 g/mol. The highest BCUT2D eigenvalue weighted by Gasteiger charge is 2.12. The van der Waals surface area contributed by atoms with Crippen LogP contribution in [-0.4, -0.2) is 18.4 Å². The van der Waals surface area contributed by atoms with Crippen LogP contribution in [0.15, 0.2) is 40.9 Å². The van der Waals surface area contributed by atoms with E-state index in [1.165, 1.54) is 5.56 Å². The van der Waals surface area contributed by atoms with Crippen molar-refractivity contribution in [2.45, 2.75) is 46.5 Å². The molecule has 1 atom stereocenters. The van der Waals surface area contributed by atoms with Gasteiger partial charge in [-0.05, 0) is 70.6 Å². The van der Waals surface area contributed by atoms with Crippen molar-refractivity contribution < 1.29 is 14.3 Å². The Morgan fingerprint density at radius 1 is 1.07 bits per heavy atom. The van der Waals surface area contributed by atoms with Crippen LogP contribution in [0, 0.1) is 6.92 Å². The first-order valence-electron chi connectivity index (χ1n) is 9.47. The molecule has 2 rings (SSSR count). The summed E-state index contributed by atoms with van der Waals surface area (Å²) in [5.41, 5.74) is 3.37. The molecule has 5 nitrogen and oxygen atoms in total. The van der Waals surface area contributed by atoms with Crippen LogP contribution in [0.4, 0.5) is 11.4 Å². The number of rotatable bonds is 8. The second kappa shape index (κ2) is 10.3. The van der Waals surface area contributed by atoms with Crippen molar-refractivity contribution in [3.05, 3.63) is 52.0 Å². The fraction of sp³-hybridized carbons (Fsp3) is 0.364. The highest BCUT2D eigenvalue weighted by molar-refractivity contribution is 9.10. The van der Waals surface area contributed by atoms with Crippen LogP contribution in [0.3, 0.4) is 0 Å². The van der Waals surface area contributed by atoms with Crippen molar-refractivity contribution in [3.8, 4) is 5.75 Å². The Morgan fingerprint density at radius 2 is 1.71 bits per heavy atom. The van der Waals surface area contributed by atoms with Gasteiger partial charge in [-0.3, -0.25) is 9.59 Å². The Balaban J connectivity index is 2.00. The summed E-state index contributed by atoms with van der Waals surface area (Å²) >= 11 is 3.52. The van der Waals surface area contributed by atoms with Gasteiger partial charge in [0.25, 0.3) is 5.91 Å². The summed E-state index contributed by atoms with van der Waals surface area (Å²) in [6, 6.07) is 11.3. The average Bonchev–Trinajstić information content (AvgIpc) is 2.69. The van der Waals surface area contributed by atoms with Crippen LogP contribution < -0.4 is 15.4 Å². The molecule has 2 N–H and O–H groups in total. The number of carbonyl (C=O) groups excluding carboxylic acids is 2. The van der Waals surface area contributed by atoms with Crippen LogP contribution in [0.2, 0.25) is 0 Å². The highest BCUT2D eigenvalue weighted by Crippen LogP contribution is 2.30. The van der Waals surface area contributed by atoms with E-state index >= 15 is 0 Å². The predicted octanol–water partition coefficient (Wildman–Crippen LogP) is 5.64. The van der Waals surface area contributed by atoms with E-state index in [1.54, 1.807) is 19.1 Å². The molecule has 0 radical (unpaired) electrons. The number of ether oxygens (including phenoxy) is 1. The summed E-state index contributed by atoms with van der Waals surface area (Å²) in [6.07, 6.45) is 1.46. The standard InChI is InChI=1S/C22H27BrN2O3/c1-5-14(3)16-10-11-20(17(23)12-16)28-13-22(27)25-19-9-7-8-18(15(19)4)24-21(26)6-2/h7-12,14H,5-6,13H2,1-4H3,(H,24,26)(H,25,27). The Hall–Kier alpha value is -2.34. The van der Waals surface area contributed by atoms with Gasteiger partial charge in [0.15, 0.2) is 6.61 Å². The Bertz CT molecular complexity index is 852. The van der Waals surface area contributed by atoms with E-state index in [0.717, 1.165) is 16.5 Å². The molecule has 0 spiro atoms. The molecule has 0 aliphatic carbocycles. The van der Waals surface area contributed by atoms with Crippen molar-refractivity contribution >= 4 is 39.1 Å². The second-order valence-corrected chi connectivity index (χ2v) is 7.57. The zero-order valence-corrected chi connectivity index (χ0v) is 18.4. The number of anilines is 2. The molecule has 0 bridgehead atoms. The van der Waals surface area contributed by atoms with E-state index in [4.69, 9.17) is 4.74 Å². The van der Waals surface area contributed by atoms with Crippen LogP contribution in [0.5, 0.6) is 5.75 Å². The molecule has 0 saturated heterocycles. The number of nitrogens with one attached hydrogen (secondary N) is 2. The lowest BCUT2D eigenvalue weighted by Crippen LogP contribution is -2.21. The molecule has 0 heterocycles. The maximum Gasteiger partial charge on any atom is 0.262 e. The summed E-state index contributed by atoms with van der Waals surface area (Å²) in [6.45, 7) is 7.87. The van der Waals surface area contributed by atoms with Gasteiger partial charge in [-0.1, -0.05) is 32.9 Å². The smallest absolute Gasteiger partial charge is 0.262 e. The lowest BCUT2D eigenvalue weighted by molar-refractivity contribution is -0.118. The third-order valence-corrected chi connectivity index (χ3v) is 5.32. The number of halogens is 1. The summed E-state index contributed by atoms with van der Waals surface area (Å²) < 4.78 is 6.49. The first-order chi connectivity index (χ1) is 13.3. The van der Waals surface area contributed by atoms with Crippen molar-refractivity contribution in [2.24, 2.45) is 0 Å². The number of hydrogen-bond donors (Lipinski definition) is 2. The van der Waals surface area contributed by atoms with Crippen LogP contribution >= 0.6 is 15.9 Å². The first-order valence-corrected chi connectivity index (χ1v) is 10.3. The van der Waals surface area contributed by atoms with E-state index in [-0.39, 0.29) is 18.4 Å². The normalized spacial score (nSPS) is 11.6. The molecule has 2 aromatic rings. The van der Waals surface area contributed by atoms with Gasteiger partial charge in [0, 0.05) is 17.8 Å². The minimum absolute atomic E-state index is 0.0689. The van der Waals surface area contributed by atoms with Crippen molar-refractivity contribution in [1.82, 2.24) is 0 Å². The highest BCUT2D eigenvalue weighted by atomic mass is 79.9. The molecule has 0 fully saturated rings. The molecular formula is C22H27BrN2O3. The van der Waals surface area contributed by atoms with Gasteiger partial charge < -0.3 is 15.4 Å². The molecular weight excluding hydrogens is 420 g/mol. The van der Waals surface area contributed by atoms with E-state index in [1.807, 2.05) is 31.2 Å². The molecule has 28 heavy (non-hydrogen) atoms. The molecule has 1 unspecified atom stereocenters. The summed E-state index contributed by atoms with van der Waals surface area (Å²) in [5.74, 6) is 0.764. The number of carbonyl (C=O) groups is 2. The van der Waals surface area contributed by atoms with Crippen molar-refractivity contribution in [3.63, 3.8) is 0 Å². The minimum atomic E-state index is -0.264. The SMILES string of the molecule is CCC(=O)Nc1cccc(NC(=O)COc2ccc(C(C)CC)cc2Br)c1C. The fourth-order valence-corrected chi connectivity index (χ4v) is 3.16. The predicted molar refractivity (Wildman–Crippen MR) is 117 cm³/mol. The molecule has 6 heteroatoms. The minimum Gasteiger partial charge on any atom is -0.483 e. The summed E-state index contributed by atoms with van der Waals surface area (Å²) in [7, 11) is 0. The zero-order valence-electron chi connectivity index (χ0n) is 16.8. The lowest BCUT2D eigenvalue weighted by atomic mass is 9.99. The topological polar surface area (TPSA) is 67.4 Å². The third kappa shape index (κ3) is 5.83. The molecule has 150 valence electrons. The third-order valence-electron chi connectivity index (χ3n) is 4.70. The fourth-order valence-electron chi connectivity index (χ4n) is 2.65. The zero-order chi connectivity index (χ0) is 20.7. The van der Waals surface area contributed by atoms with Gasteiger partial charge in [-0.2, -0.15) is 0 Å². The van der Waals surface area contributed by atoms with Crippen LogP contribution in [-0.2, 0) is 9.59 Å². The molecule has 2 amide bonds. The molecule has 2 aromatic carbocycles. The van der Waals surface area contributed by atoms with E-state index in [0.29, 0.717) is 29.5 Å². The van der Waals surface area contributed by atoms with Gasteiger partial charge in [0.1, 0.15) is 5.75 Å². The van der Waals surface area contributed by atoms with Crippen molar-refractivity contribution in [1.29, 1.82) is 0 Å². The van der Waals surface area contributed by atoms with Gasteiger partial charge in [0.05, 0.1) is 4.47 Å². The van der Waals surface area contributed by atoms with Gasteiger partial charge in [-0.25, -0.2) is 0 Å². The largest absolute Gasteiger partial charge is 0.483 e. The summed E-state index contributed by atoms with van der Waals surface area (Å²) in [4.78, 5) is 23.9. The van der Waals surface area contributed by atoms with Crippen LogP contribution in [0.25, 0.3) is 0 Å². The Kier molecular flexibility index (Phi) is 8.05. The maximum absolute atomic E-state index is 12.3. The molecule has 0 aromatic heterocycles. The molecule has 0 saturated carbocycles. The van der Waals surface area contributed by atoms with Gasteiger partial charge in [-0.15, -0.1) is 0 Å². The quantitative estimate of drug-likeness (QED) is 0.551. The maximum atomic E-state index is 12.3. The van der Waals surface area contributed by atoms with E-state index in [9.17, 15) is 9.59 Å². The lowest BCUT2D eigenvalue weighted by Gasteiger charge is -2.15. The van der Waals surface area contributed by atoms with Gasteiger partial charge in [0.2, 0.25) is 5.91 Å². The Labute approximate surface area is 175 Å².